The van der Waals surface area contributed by atoms with Gasteiger partial charge >= 0.3 is 0 Å². The van der Waals surface area contributed by atoms with Gasteiger partial charge in [0.2, 0.25) is 0 Å². The quantitative estimate of drug-likeness (QED) is 0.518. The van der Waals surface area contributed by atoms with E-state index in [1.165, 1.54) is 0 Å². The third-order valence-electron chi connectivity index (χ3n) is 1.82. The molecule has 0 unspecified atom stereocenters. The molecule has 3 nitrogen and oxygen atoms in total. The van der Waals surface area contributed by atoms with Crippen molar-refractivity contribution in [2.45, 2.75) is 6.54 Å². The first kappa shape index (κ1) is 7.34. The lowest BCUT2D eigenvalue weighted by molar-refractivity contribution is 0.615. The van der Waals surface area contributed by atoms with E-state index in [0.717, 1.165) is 16.5 Å². The van der Waals surface area contributed by atoms with Gasteiger partial charge in [-0.15, -0.1) is 0 Å². The average Bonchev–Trinajstić information content (AvgIpc) is 2.51. The van der Waals surface area contributed by atoms with Crippen LogP contribution in [0.3, 0.4) is 0 Å². The summed E-state index contributed by atoms with van der Waals surface area (Å²) in [6, 6.07) is 7.93. The van der Waals surface area contributed by atoms with Crippen LogP contribution in [0.25, 0.3) is 11.0 Å². The lowest BCUT2D eigenvalue weighted by Gasteiger charge is -1.98. The van der Waals surface area contributed by atoms with Gasteiger partial charge in [0.05, 0.1) is 6.26 Å². The van der Waals surface area contributed by atoms with Gasteiger partial charge in [0.25, 0.3) is 0 Å². The predicted octanol–water partition coefficient (Wildman–Crippen LogP) is 1.40. The second-order valence-corrected chi connectivity index (χ2v) is 2.67. The Morgan fingerprint density at radius 1 is 1.33 bits per heavy atom. The fraction of sp³-hybridized carbons (Fsp3) is 0.111. The van der Waals surface area contributed by atoms with Crippen molar-refractivity contribution in [2.24, 2.45) is 5.84 Å². The summed E-state index contributed by atoms with van der Waals surface area (Å²) in [4.78, 5) is 0. The van der Waals surface area contributed by atoms with Gasteiger partial charge in [-0.1, -0.05) is 6.07 Å². The predicted molar refractivity (Wildman–Crippen MR) is 47.2 cm³/mol. The van der Waals surface area contributed by atoms with E-state index in [-0.39, 0.29) is 0 Å². The van der Waals surface area contributed by atoms with Crippen LogP contribution < -0.4 is 11.3 Å². The highest BCUT2D eigenvalue weighted by molar-refractivity contribution is 5.77. The molecule has 1 heterocycles. The minimum absolute atomic E-state index is 0.682. The summed E-state index contributed by atoms with van der Waals surface area (Å²) in [7, 11) is 0. The van der Waals surface area contributed by atoms with Crippen molar-refractivity contribution in [1.29, 1.82) is 0 Å². The van der Waals surface area contributed by atoms with Crippen LogP contribution in [0.4, 0.5) is 0 Å². The first-order valence-electron chi connectivity index (χ1n) is 3.80. The van der Waals surface area contributed by atoms with Crippen LogP contribution in [0.5, 0.6) is 0 Å². The number of hydrogen-bond acceptors (Lipinski definition) is 3. The zero-order valence-electron chi connectivity index (χ0n) is 6.58. The summed E-state index contributed by atoms with van der Waals surface area (Å²) < 4.78 is 5.20. The fourth-order valence-electron chi connectivity index (χ4n) is 1.24. The standard InChI is InChI=1S/C9H10N2O/c10-11-6-7-1-2-9-8(5-7)3-4-12-9/h1-5,11H,6,10H2. The Balaban J connectivity index is 2.46. The zero-order valence-corrected chi connectivity index (χ0v) is 6.58. The molecule has 0 radical (unpaired) electrons. The normalized spacial score (nSPS) is 10.8. The van der Waals surface area contributed by atoms with Gasteiger partial charge in [-0.2, -0.15) is 0 Å². The molecule has 0 fully saturated rings. The summed E-state index contributed by atoms with van der Waals surface area (Å²) >= 11 is 0. The zero-order chi connectivity index (χ0) is 8.39. The Morgan fingerprint density at radius 2 is 2.25 bits per heavy atom. The maximum atomic E-state index is 5.21. The Labute approximate surface area is 70.1 Å². The molecule has 3 N–H and O–H groups in total. The first-order chi connectivity index (χ1) is 5.90. The van der Waals surface area contributed by atoms with Crippen LogP contribution in [-0.4, -0.2) is 0 Å². The van der Waals surface area contributed by atoms with Crippen molar-refractivity contribution < 1.29 is 4.42 Å². The van der Waals surface area contributed by atoms with Gasteiger partial charge < -0.3 is 4.42 Å². The van der Waals surface area contributed by atoms with E-state index >= 15 is 0 Å². The molecule has 0 aliphatic rings. The van der Waals surface area contributed by atoms with E-state index in [4.69, 9.17) is 10.3 Å². The molecule has 0 bridgehead atoms. The molecule has 0 saturated heterocycles. The van der Waals surface area contributed by atoms with Crippen LogP contribution >= 0.6 is 0 Å². The van der Waals surface area contributed by atoms with Gasteiger partial charge in [0.15, 0.2) is 0 Å². The second-order valence-electron chi connectivity index (χ2n) is 2.67. The van der Waals surface area contributed by atoms with Crippen molar-refractivity contribution >= 4 is 11.0 Å². The molecule has 1 aromatic heterocycles. The molecule has 0 aliphatic carbocycles. The monoisotopic (exact) mass is 162 g/mol. The number of fused-ring (bicyclic) bond motifs is 1. The molecule has 0 amide bonds. The van der Waals surface area contributed by atoms with Gasteiger partial charge in [0.1, 0.15) is 5.58 Å². The number of hydrogen-bond donors (Lipinski definition) is 2. The van der Waals surface area contributed by atoms with E-state index in [9.17, 15) is 0 Å². The molecular weight excluding hydrogens is 152 g/mol. The van der Waals surface area contributed by atoms with Gasteiger partial charge in [-0.25, -0.2) is 0 Å². The number of furan rings is 1. The molecule has 2 rings (SSSR count). The highest BCUT2D eigenvalue weighted by Gasteiger charge is 1.96. The van der Waals surface area contributed by atoms with E-state index in [0.29, 0.717) is 6.54 Å². The van der Waals surface area contributed by atoms with Gasteiger partial charge in [-0.05, 0) is 23.8 Å². The molecule has 0 aliphatic heterocycles. The molecule has 3 heteroatoms. The van der Waals surface area contributed by atoms with Crippen molar-refractivity contribution in [3.63, 3.8) is 0 Å². The minimum Gasteiger partial charge on any atom is -0.464 e. The van der Waals surface area contributed by atoms with Crippen LogP contribution in [0.1, 0.15) is 5.56 Å². The van der Waals surface area contributed by atoms with E-state index in [2.05, 4.69) is 11.5 Å². The maximum absolute atomic E-state index is 5.21. The lowest BCUT2D eigenvalue weighted by atomic mass is 10.2. The van der Waals surface area contributed by atoms with E-state index in [1.54, 1.807) is 6.26 Å². The molecule has 0 atom stereocenters. The molecule has 0 saturated carbocycles. The first-order valence-corrected chi connectivity index (χ1v) is 3.80. The third kappa shape index (κ3) is 1.20. The average molecular weight is 162 g/mol. The molecule has 0 spiro atoms. The second kappa shape index (κ2) is 2.97. The maximum Gasteiger partial charge on any atom is 0.133 e. The Kier molecular flexibility index (Phi) is 1.81. The minimum atomic E-state index is 0.682. The van der Waals surface area contributed by atoms with Crippen LogP contribution in [0, 0.1) is 0 Å². The van der Waals surface area contributed by atoms with Crippen LogP contribution in [0.15, 0.2) is 34.9 Å². The highest BCUT2D eigenvalue weighted by atomic mass is 16.3. The smallest absolute Gasteiger partial charge is 0.133 e. The fourth-order valence-corrected chi connectivity index (χ4v) is 1.24. The Morgan fingerprint density at radius 3 is 3.08 bits per heavy atom. The van der Waals surface area contributed by atoms with Crippen LogP contribution in [-0.2, 0) is 6.54 Å². The molecule has 12 heavy (non-hydrogen) atoms. The van der Waals surface area contributed by atoms with Crippen LogP contribution in [0.2, 0.25) is 0 Å². The SMILES string of the molecule is NNCc1ccc2occc2c1. The lowest BCUT2D eigenvalue weighted by Crippen LogP contribution is -2.20. The number of nitrogens with two attached hydrogens (primary N) is 1. The molecule has 1 aromatic carbocycles. The third-order valence-corrected chi connectivity index (χ3v) is 1.82. The van der Waals surface area contributed by atoms with Crippen molar-refractivity contribution in [3.8, 4) is 0 Å². The Bertz CT molecular complexity index is 381. The van der Waals surface area contributed by atoms with Gasteiger partial charge in [0, 0.05) is 11.9 Å². The van der Waals surface area contributed by atoms with Crippen molar-refractivity contribution in [3.05, 3.63) is 36.1 Å². The Hall–Kier alpha value is -1.32. The highest BCUT2D eigenvalue weighted by Crippen LogP contribution is 2.16. The molecule has 62 valence electrons. The molecular formula is C9H10N2O. The summed E-state index contributed by atoms with van der Waals surface area (Å²) in [5, 5.41) is 1.11. The number of nitrogens with one attached hydrogen (secondary N) is 1. The largest absolute Gasteiger partial charge is 0.464 e. The summed E-state index contributed by atoms with van der Waals surface area (Å²) in [5.74, 6) is 5.21. The topological polar surface area (TPSA) is 51.2 Å². The van der Waals surface area contributed by atoms with Gasteiger partial charge in [-0.3, -0.25) is 11.3 Å². The number of hydrazine groups is 1. The van der Waals surface area contributed by atoms with Crippen molar-refractivity contribution in [1.82, 2.24) is 5.43 Å². The molecule has 2 aromatic rings. The van der Waals surface area contributed by atoms with E-state index in [1.807, 2.05) is 18.2 Å². The summed E-state index contributed by atoms with van der Waals surface area (Å²) in [6.07, 6.45) is 1.68. The summed E-state index contributed by atoms with van der Waals surface area (Å²) in [5.41, 5.74) is 4.68. The van der Waals surface area contributed by atoms with E-state index < -0.39 is 0 Å². The summed E-state index contributed by atoms with van der Waals surface area (Å²) in [6.45, 7) is 0.682. The van der Waals surface area contributed by atoms with Crippen molar-refractivity contribution in [2.75, 3.05) is 0 Å². The number of benzene rings is 1. The number of rotatable bonds is 2.